The maximum Gasteiger partial charge on any atom is 0.280 e. The van der Waals surface area contributed by atoms with E-state index < -0.39 is 5.91 Å². The molecule has 0 unspecified atom stereocenters. The second-order valence-electron chi connectivity index (χ2n) is 5.67. The Labute approximate surface area is 160 Å². The van der Waals surface area contributed by atoms with Gasteiger partial charge in [0.2, 0.25) is 0 Å². The largest absolute Gasteiger partial charge is 0.484 e. The summed E-state index contributed by atoms with van der Waals surface area (Å²) in [5, 5.41) is 7.34. The molecular formula is C19H17ClN4O3. The lowest BCUT2D eigenvalue weighted by Crippen LogP contribution is -2.25. The average molecular weight is 385 g/mol. The van der Waals surface area contributed by atoms with Crippen LogP contribution in [0.25, 0.3) is 5.69 Å². The molecule has 0 spiro atoms. The number of rotatable bonds is 6. The Bertz CT molecular complexity index is 1020. The number of hydrogen-bond acceptors (Lipinski definition) is 4. The fourth-order valence-electron chi connectivity index (χ4n) is 2.38. The van der Waals surface area contributed by atoms with Crippen molar-refractivity contribution in [2.45, 2.75) is 6.92 Å². The number of para-hydroxylation sites is 1. The van der Waals surface area contributed by atoms with Crippen molar-refractivity contribution in [3.63, 3.8) is 0 Å². The number of benzene rings is 2. The van der Waals surface area contributed by atoms with E-state index in [9.17, 15) is 9.59 Å². The number of carbonyl (C=O) groups excluding carboxylic acids is 1. The molecule has 1 amide bonds. The van der Waals surface area contributed by atoms with Crippen molar-refractivity contribution in [3.8, 4) is 11.4 Å². The van der Waals surface area contributed by atoms with Gasteiger partial charge in [0.05, 0.1) is 17.5 Å². The van der Waals surface area contributed by atoms with Gasteiger partial charge in [0, 0.05) is 10.7 Å². The molecule has 138 valence electrons. The number of nitrogens with zero attached hydrogens (tertiary/aromatic N) is 2. The van der Waals surface area contributed by atoms with Gasteiger partial charge in [0.25, 0.3) is 11.5 Å². The summed E-state index contributed by atoms with van der Waals surface area (Å²) in [5.41, 5.74) is 3.78. The molecule has 7 nitrogen and oxygen atoms in total. The first kappa shape index (κ1) is 18.5. The molecule has 2 N–H and O–H groups in total. The first-order chi connectivity index (χ1) is 13.0. The number of aromatic amines is 1. The van der Waals surface area contributed by atoms with E-state index in [0.29, 0.717) is 27.7 Å². The van der Waals surface area contributed by atoms with Crippen molar-refractivity contribution in [1.29, 1.82) is 0 Å². The first-order valence-corrected chi connectivity index (χ1v) is 8.49. The fraction of sp³-hybridized carbons (Fsp3) is 0.105. The first-order valence-electron chi connectivity index (χ1n) is 8.12. The van der Waals surface area contributed by atoms with E-state index in [0.717, 1.165) is 0 Å². The van der Waals surface area contributed by atoms with Crippen LogP contribution < -0.4 is 15.7 Å². The van der Waals surface area contributed by atoms with Crippen LogP contribution in [-0.4, -0.2) is 28.5 Å². The van der Waals surface area contributed by atoms with E-state index in [4.69, 9.17) is 16.3 Å². The normalized spacial score (nSPS) is 10.9. The van der Waals surface area contributed by atoms with E-state index in [1.54, 1.807) is 31.2 Å². The Hall–Kier alpha value is -3.32. The quantitative estimate of drug-likeness (QED) is 0.506. The Balaban J connectivity index is 1.62. The summed E-state index contributed by atoms with van der Waals surface area (Å²) in [5.74, 6) is 0.0247. The van der Waals surface area contributed by atoms with E-state index in [2.05, 4.69) is 15.6 Å². The smallest absolute Gasteiger partial charge is 0.280 e. The minimum Gasteiger partial charge on any atom is -0.484 e. The summed E-state index contributed by atoms with van der Waals surface area (Å²) < 4.78 is 6.74. The third-order valence-electron chi connectivity index (χ3n) is 3.68. The van der Waals surface area contributed by atoms with Gasteiger partial charge in [-0.1, -0.05) is 35.9 Å². The minimum absolute atomic E-state index is 0.224. The van der Waals surface area contributed by atoms with Gasteiger partial charge in [-0.2, -0.15) is 5.10 Å². The Morgan fingerprint density at radius 1 is 1.26 bits per heavy atom. The third kappa shape index (κ3) is 4.65. The molecule has 3 aromatic rings. The Morgan fingerprint density at radius 2 is 2.04 bits per heavy atom. The van der Waals surface area contributed by atoms with Crippen LogP contribution in [0.1, 0.15) is 11.3 Å². The Kier molecular flexibility index (Phi) is 5.73. The average Bonchev–Trinajstić information content (AvgIpc) is 2.95. The fourth-order valence-corrected chi connectivity index (χ4v) is 2.56. The predicted octanol–water partition coefficient (Wildman–Crippen LogP) is 2.66. The predicted molar refractivity (Wildman–Crippen MR) is 104 cm³/mol. The number of carbonyl (C=O) groups is 1. The maximum absolute atomic E-state index is 12.5. The van der Waals surface area contributed by atoms with Crippen LogP contribution >= 0.6 is 11.6 Å². The molecule has 8 heteroatoms. The summed E-state index contributed by atoms with van der Waals surface area (Å²) in [6.07, 6.45) is 1.31. The third-order valence-corrected chi connectivity index (χ3v) is 3.92. The van der Waals surface area contributed by atoms with Crippen LogP contribution in [0.4, 0.5) is 0 Å². The van der Waals surface area contributed by atoms with Gasteiger partial charge >= 0.3 is 0 Å². The van der Waals surface area contributed by atoms with Gasteiger partial charge in [-0.15, -0.1) is 0 Å². The van der Waals surface area contributed by atoms with Gasteiger partial charge in [-0.25, -0.2) is 10.1 Å². The molecule has 1 heterocycles. The minimum atomic E-state index is -0.456. The van der Waals surface area contributed by atoms with Crippen LogP contribution in [0.2, 0.25) is 5.02 Å². The highest BCUT2D eigenvalue weighted by atomic mass is 35.5. The maximum atomic E-state index is 12.5. The van der Waals surface area contributed by atoms with E-state index >= 15 is 0 Å². The van der Waals surface area contributed by atoms with Crippen LogP contribution in [-0.2, 0) is 4.79 Å². The number of hydrogen-bond donors (Lipinski definition) is 2. The lowest BCUT2D eigenvalue weighted by Gasteiger charge is -2.04. The van der Waals surface area contributed by atoms with Crippen LogP contribution in [0.15, 0.2) is 64.5 Å². The highest BCUT2D eigenvalue weighted by Crippen LogP contribution is 2.16. The molecule has 0 aliphatic heterocycles. The summed E-state index contributed by atoms with van der Waals surface area (Å²) in [7, 11) is 0. The zero-order valence-electron chi connectivity index (χ0n) is 14.5. The molecule has 0 radical (unpaired) electrons. The number of aromatic nitrogens is 2. The van der Waals surface area contributed by atoms with Crippen molar-refractivity contribution < 1.29 is 9.53 Å². The summed E-state index contributed by atoms with van der Waals surface area (Å²) in [6, 6.07) is 15.9. The Morgan fingerprint density at radius 3 is 2.78 bits per heavy atom. The molecule has 27 heavy (non-hydrogen) atoms. The molecule has 0 bridgehead atoms. The number of aryl methyl sites for hydroxylation is 1. The highest BCUT2D eigenvalue weighted by Gasteiger charge is 2.10. The number of H-pyrrole nitrogens is 1. The van der Waals surface area contributed by atoms with Gasteiger partial charge in [-0.05, 0) is 37.3 Å². The second kappa shape index (κ2) is 8.37. The lowest BCUT2D eigenvalue weighted by molar-refractivity contribution is -0.123. The van der Waals surface area contributed by atoms with Crippen molar-refractivity contribution in [3.05, 3.63) is 81.2 Å². The van der Waals surface area contributed by atoms with E-state index in [1.165, 1.54) is 10.9 Å². The van der Waals surface area contributed by atoms with Crippen LogP contribution in [0.5, 0.6) is 5.75 Å². The molecule has 0 aliphatic carbocycles. The second-order valence-corrected chi connectivity index (χ2v) is 6.10. The monoisotopic (exact) mass is 384 g/mol. The van der Waals surface area contributed by atoms with Crippen LogP contribution in [0, 0.1) is 6.92 Å². The number of ether oxygens (including phenoxy) is 1. The van der Waals surface area contributed by atoms with Gasteiger partial charge in [0.15, 0.2) is 6.61 Å². The van der Waals surface area contributed by atoms with Crippen molar-refractivity contribution in [2.75, 3.05) is 6.61 Å². The molecular weight excluding hydrogens is 368 g/mol. The number of amides is 1. The lowest BCUT2D eigenvalue weighted by atomic mass is 10.3. The van der Waals surface area contributed by atoms with Gasteiger partial charge in [0.1, 0.15) is 5.75 Å². The number of halogens is 1. The van der Waals surface area contributed by atoms with Crippen LogP contribution in [0.3, 0.4) is 0 Å². The summed E-state index contributed by atoms with van der Waals surface area (Å²) in [4.78, 5) is 24.3. The topological polar surface area (TPSA) is 88.5 Å². The molecule has 0 saturated heterocycles. The zero-order chi connectivity index (χ0) is 19.2. The molecule has 3 rings (SSSR count). The number of nitrogens with one attached hydrogen (secondary N) is 2. The molecule has 0 aliphatic rings. The van der Waals surface area contributed by atoms with Gasteiger partial charge in [-0.3, -0.25) is 14.7 Å². The molecule has 0 fully saturated rings. The highest BCUT2D eigenvalue weighted by molar-refractivity contribution is 6.30. The molecule has 1 aromatic heterocycles. The molecule has 0 saturated carbocycles. The summed E-state index contributed by atoms with van der Waals surface area (Å²) >= 11 is 5.85. The zero-order valence-corrected chi connectivity index (χ0v) is 15.2. The van der Waals surface area contributed by atoms with Gasteiger partial charge < -0.3 is 4.74 Å². The SMILES string of the molecule is Cc1[nH]n(-c2ccccc2)c(=O)c1C=NNC(=O)COc1cccc(Cl)c1. The van der Waals surface area contributed by atoms with Crippen molar-refractivity contribution >= 4 is 23.7 Å². The van der Waals surface area contributed by atoms with Crippen molar-refractivity contribution in [1.82, 2.24) is 15.2 Å². The number of hydrazone groups is 1. The molecule has 2 aromatic carbocycles. The van der Waals surface area contributed by atoms with Crippen molar-refractivity contribution in [2.24, 2.45) is 5.10 Å². The summed E-state index contributed by atoms with van der Waals surface area (Å²) in [6.45, 7) is 1.53. The standard InChI is InChI=1S/C19H17ClN4O3/c1-13-17(19(26)24(23-13)15-7-3-2-4-8-15)11-21-22-18(25)12-27-16-9-5-6-14(20)10-16/h2-11,23H,12H2,1H3,(H,22,25). The van der Waals surface area contributed by atoms with E-state index in [1.807, 2.05) is 30.3 Å². The molecule has 0 atom stereocenters. The van der Waals surface area contributed by atoms with E-state index in [-0.39, 0.29) is 12.2 Å².